The third-order valence-electron chi connectivity index (χ3n) is 3.37. The summed E-state index contributed by atoms with van der Waals surface area (Å²) in [7, 11) is 5.06. The lowest BCUT2D eigenvalue weighted by Crippen LogP contribution is -2.39. The van der Waals surface area contributed by atoms with Crippen molar-refractivity contribution in [1.29, 1.82) is 0 Å². The first-order valence-corrected chi connectivity index (χ1v) is 6.52. The highest BCUT2D eigenvalue weighted by Crippen LogP contribution is 2.16. The van der Waals surface area contributed by atoms with Crippen LogP contribution < -0.4 is 21.3 Å². The van der Waals surface area contributed by atoms with E-state index in [4.69, 9.17) is 4.74 Å². The van der Waals surface area contributed by atoms with E-state index in [0.29, 0.717) is 23.2 Å². The van der Waals surface area contributed by atoms with Crippen molar-refractivity contribution in [3.8, 4) is 5.75 Å². The van der Waals surface area contributed by atoms with E-state index >= 15 is 0 Å². The predicted molar refractivity (Wildman–Crippen MR) is 78.5 cm³/mol. The summed E-state index contributed by atoms with van der Waals surface area (Å²) in [6.07, 6.45) is 0.729. The third-order valence-corrected chi connectivity index (χ3v) is 3.37. The van der Waals surface area contributed by atoms with Crippen LogP contribution >= 0.6 is 0 Å². The Hall–Kier alpha value is -2.08. The summed E-state index contributed by atoms with van der Waals surface area (Å²) in [6.45, 7) is 1.17. The molecule has 20 heavy (non-hydrogen) atoms. The number of rotatable bonds is 5. The second kappa shape index (κ2) is 5.92. The zero-order valence-electron chi connectivity index (χ0n) is 12.0. The van der Waals surface area contributed by atoms with E-state index in [1.807, 2.05) is 7.05 Å². The second-order valence-corrected chi connectivity index (χ2v) is 4.64. The summed E-state index contributed by atoms with van der Waals surface area (Å²) in [5.41, 5.74) is 0.0397. The Morgan fingerprint density at radius 1 is 1.30 bits per heavy atom. The van der Waals surface area contributed by atoms with Crippen LogP contribution in [-0.2, 0) is 13.6 Å². The van der Waals surface area contributed by atoms with Gasteiger partial charge in [-0.1, -0.05) is 0 Å². The van der Waals surface area contributed by atoms with E-state index in [1.165, 1.54) is 9.13 Å². The third kappa shape index (κ3) is 2.46. The van der Waals surface area contributed by atoms with Gasteiger partial charge >= 0.3 is 5.69 Å². The van der Waals surface area contributed by atoms with Crippen LogP contribution in [0.5, 0.6) is 5.75 Å². The van der Waals surface area contributed by atoms with Crippen LogP contribution in [0, 0.1) is 0 Å². The highest BCUT2D eigenvalue weighted by Gasteiger charge is 2.11. The quantitative estimate of drug-likeness (QED) is 0.799. The molecule has 0 saturated heterocycles. The molecular formula is C14H19N3O3. The maximum atomic E-state index is 12.4. The number of ether oxygens (including phenoxy) is 1. The van der Waals surface area contributed by atoms with Crippen molar-refractivity contribution in [2.45, 2.75) is 13.0 Å². The van der Waals surface area contributed by atoms with Crippen molar-refractivity contribution in [2.24, 2.45) is 7.05 Å². The molecule has 0 aliphatic rings. The van der Waals surface area contributed by atoms with Crippen molar-refractivity contribution in [3.05, 3.63) is 39.0 Å². The summed E-state index contributed by atoms with van der Waals surface area (Å²) in [6, 6.07) is 5.13. The lowest BCUT2D eigenvalue weighted by Gasteiger charge is -2.11. The van der Waals surface area contributed by atoms with Gasteiger partial charge in [-0.15, -0.1) is 0 Å². The van der Waals surface area contributed by atoms with Crippen molar-refractivity contribution < 1.29 is 4.74 Å². The largest absolute Gasteiger partial charge is 0.497 e. The molecule has 2 aromatic rings. The maximum Gasteiger partial charge on any atom is 0.331 e. The van der Waals surface area contributed by atoms with Crippen molar-refractivity contribution in [1.82, 2.24) is 14.5 Å². The minimum Gasteiger partial charge on any atom is -0.497 e. The van der Waals surface area contributed by atoms with Crippen molar-refractivity contribution in [2.75, 3.05) is 20.7 Å². The number of benzene rings is 1. The molecule has 6 heteroatoms. The first-order chi connectivity index (χ1) is 9.60. The standard InChI is InChI=1S/C14H19N3O3/c1-15-7-4-8-17-13(18)11-6-5-10(20-3)9-12(11)16(2)14(17)19/h5-6,9,15H,4,7-8H2,1-3H3. The summed E-state index contributed by atoms with van der Waals surface area (Å²) >= 11 is 0. The topological polar surface area (TPSA) is 65.3 Å². The van der Waals surface area contributed by atoms with E-state index in [9.17, 15) is 9.59 Å². The van der Waals surface area contributed by atoms with Crippen LogP contribution in [0.3, 0.4) is 0 Å². The lowest BCUT2D eigenvalue weighted by atomic mass is 10.2. The fourth-order valence-electron chi connectivity index (χ4n) is 2.22. The monoisotopic (exact) mass is 277 g/mol. The molecule has 1 aromatic carbocycles. The summed E-state index contributed by atoms with van der Waals surface area (Å²) in [5, 5.41) is 3.53. The summed E-state index contributed by atoms with van der Waals surface area (Å²) in [5.74, 6) is 0.625. The van der Waals surface area contributed by atoms with Gasteiger partial charge in [-0.05, 0) is 32.1 Å². The van der Waals surface area contributed by atoms with Crippen LogP contribution in [0.4, 0.5) is 0 Å². The van der Waals surface area contributed by atoms with Gasteiger partial charge in [0.25, 0.3) is 5.56 Å². The molecule has 108 valence electrons. The lowest BCUT2D eigenvalue weighted by molar-refractivity contribution is 0.415. The minimum absolute atomic E-state index is 0.248. The number of nitrogens with one attached hydrogen (secondary N) is 1. The molecule has 0 aliphatic carbocycles. The average molecular weight is 277 g/mol. The Bertz CT molecular complexity index is 731. The molecule has 0 saturated carbocycles. The van der Waals surface area contributed by atoms with Gasteiger partial charge in [-0.2, -0.15) is 0 Å². The van der Waals surface area contributed by atoms with E-state index in [1.54, 1.807) is 32.4 Å². The average Bonchev–Trinajstić information content (AvgIpc) is 2.48. The molecule has 0 unspecified atom stereocenters. The predicted octanol–water partition coefficient (Wildman–Crippen LogP) is 0.318. The zero-order chi connectivity index (χ0) is 14.7. The van der Waals surface area contributed by atoms with Gasteiger partial charge in [0, 0.05) is 19.7 Å². The molecule has 6 nitrogen and oxygen atoms in total. The van der Waals surface area contributed by atoms with Crippen LogP contribution in [0.25, 0.3) is 10.9 Å². The van der Waals surface area contributed by atoms with Crippen LogP contribution in [0.1, 0.15) is 6.42 Å². The molecule has 2 rings (SSSR count). The molecule has 0 fully saturated rings. The molecule has 1 aromatic heterocycles. The van der Waals surface area contributed by atoms with Crippen LogP contribution in [-0.4, -0.2) is 29.8 Å². The molecule has 0 bridgehead atoms. The molecule has 0 aliphatic heterocycles. The van der Waals surface area contributed by atoms with Gasteiger partial charge in [0.1, 0.15) is 5.75 Å². The number of aryl methyl sites for hydroxylation is 1. The fraction of sp³-hybridized carbons (Fsp3) is 0.429. The SMILES string of the molecule is CNCCCn1c(=O)c2ccc(OC)cc2n(C)c1=O. The summed E-state index contributed by atoms with van der Waals surface area (Å²) < 4.78 is 7.90. The number of fused-ring (bicyclic) bond motifs is 1. The van der Waals surface area contributed by atoms with E-state index in [2.05, 4.69) is 5.32 Å². The van der Waals surface area contributed by atoms with Crippen LogP contribution in [0.15, 0.2) is 27.8 Å². The minimum atomic E-state index is -0.299. The molecule has 1 N–H and O–H groups in total. The Morgan fingerprint density at radius 3 is 2.70 bits per heavy atom. The molecule has 0 atom stereocenters. The van der Waals surface area contributed by atoms with Crippen molar-refractivity contribution >= 4 is 10.9 Å². The van der Waals surface area contributed by atoms with E-state index in [-0.39, 0.29) is 11.2 Å². The van der Waals surface area contributed by atoms with Crippen molar-refractivity contribution in [3.63, 3.8) is 0 Å². The highest BCUT2D eigenvalue weighted by molar-refractivity contribution is 5.79. The number of nitrogens with zero attached hydrogens (tertiary/aromatic N) is 2. The van der Waals surface area contributed by atoms with E-state index < -0.39 is 0 Å². The maximum absolute atomic E-state index is 12.4. The fourth-order valence-corrected chi connectivity index (χ4v) is 2.22. The smallest absolute Gasteiger partial charge is 0.331 e. The Balaban J connectivity index is 2.62. The first kappa shape index (κ1) is 14.3. The summed E-state index contributed by atoms with van der Waals surface area (Å²) in [4.78, 5) is 24.6. The van der Waals surface area contributed by atoms with E-state index in [0.717, 1.165) is 13.0 Å². The molecule has 0 radical (unpaired) electrons. The second-order valence-electron chi connectivity index (χ2n) is 4.64. The molecular weight excluding hydrogens is 258 g/mol. The van der Waals surface area contributed by atoms with Gasteiger partial charge in [-0.25, -0.2) is 4.79 Å². The Labute approximate surface area is 116 Å². The Morgan fingerprint density at radius 2 is 2.05 bits per heavy atom. The number of methoxy groups -OCH3 is 1. The van der Waals surface area contributed by atoms with Gasteiger partial charge in [0.2, 0.25) is 0 Å². The normalized spacial score (nSPS) is 10.9. The van der Waals surface area contributed by atoms with Crippen LogP contribution in [0.2, 0.25) is 0 Å². The number of hydrogen-bond donors (Lipinski definition) is 1. The van der Waals surface area contributed by atoms with Gasteiger partial charge in [0.15, 0.2) is 0 Å². The zero-order valence-corrected chi connectivity index (χ0v) is 12.0. The Kier molecular flexibility index (Phi) is 4.24. The van der Waals surface area contributed by atoms with Gasteiger partial charge < -0.3 is 10.1 Å². The first-order valence-electron chi connectivity index (χ1n) is 6.52. The molecule has 0 spiro atoms. The highest BCUT2D eigenvalue weighted by atomic mass is 16.5. The number of hydrogen-bond acceptors (Lipinski definition) is 4. The molecule has 0 amide bonds. The number of aromatic nitrogens is 2. The van der Waals surface area contributed by atoms with Gasteiger partial charge in [-0.3, -0.25) is 13.9 Å². The molecule has 1 heterocycles. The van der Waals surface area contributed by atoms with Gasteiger partial charge in [0.05, 0.1) is 18.0 Å².